The highest BCUT2D eigenvalue weighted by Gasteiger charge is 2.34. The van der Waals surface area contributed by atoms with Gasteiger partial charge in [-0.3, -0.25) is 0 Å². The van der Waals surface area contributed by atoms with Gasteiger partial charge in [0, 0.05) is 24.7 Å². The summed E-state index contributed by atoms with van der Waals surface area (Å²) >= 11 is 5.14. The van der Waals surface area contributed by atoms with E-state index >= 15 is 0 Å². The van der Waals surface area contributed by atoms with Gasteiger partial charge in [-0.25, -0.2) is 4.98 Å². The Morgan fingerprint density at radius 2 is 1.96 bits per heavy atom. The first-order chi connectivity index (χ1) is 11.4. The quantitative estimate of drug-likeness (QED) is 0.767. The van der Waals surface area contributed by atoms with Gasteiger partial charge >= 0.3 is 6.18 Å². The molecule has 1 aliphatic heterocycles. The summed E-state index contributed by atoms with van der Waals surface area (Å²) in [4.78, 5) is 9.71. The van der Waals surface area contributed by atoms with Crippen molar-refractivity contribution in [3.63, 3.8) is 0 Å². The van der Waals surface area contributed by atoms with Gasteiger partial charge in [-0.05, 0) is 51.7 Å². The van der Waals surface area contributed by atoms with Gasteiger partial charge in [0.2, 0.25) is 5.95 Å². The molecule has 0 radical (unpaired) electrons. The van der Waals surface area contributed by atoms with Crippen LogP contribution in [-0.2, 0) is 6.18 Å². The van der Waals surface area contributed by atoms with Crippen LogP contribution in [0.15, 0.2) is 6.07 Å². The fourth-order valence-corrected chi connectivity index (χ4v) is 3.07. The first-order valence-electron chi connectivity index (χ1n) is 8.24. The number of rotatable bonds is 2. The molecular weight excluding hydrogens is 351 g/mol. The zero-order chi connectivity index (χ0) is 18.8. The average molecular weight is 375 g/mol. The van der Waals surface area contributed by atoms with Crippen LogP contribution in [-0.4, -0.2) is 33.7 Å². The lowest BCUT2D eigenvalue weighted by Crippen LogP contribution is -2.43. The van der Waals surface area contributed by atoms with E-state index in [2.05, 4.69) is 27.5 Å². The van der Waals surface area contributed by atoms with Gasteiger partial charge in [0.15, 0.2) is 10.8 Å². The molecule has 2 rings (SSSR count). The third-order valence-corrected chi connectivity index (χ3v) is 3.90. The van der Waals surface area contributed by atoms with E-state index in [0.717, 1.165) is 18.9 Å². The molecule has 2 heterocycles. The summed E-state index contributed by atoms with van der Waals surface area (Å²) in [7, 11) is 0. The van der Waals surface area contributed by atoms with Crippen LogP contribution >= 0.6 is 12.2 Å². The van der Waals surface area contributed by atoms with Crippen molar-refractivity contribution < 1.29 is 13.2 Å². The third-order valence-electron chi connectivity index (χ3n) is 3.70. The van der Waals surface area contributed by atoms with Crippen LogP contribution in [0.1, 0.15) is 46.2 Å². The molecule has 1 saturated heterocycles. The Morgan fingerprint density at radius 1 is 1.28 bits per heavy atom. The van der Waals surface area contributed by atoms with E-state index in [-0.39, 0.29) is 22.4 Å². The van der Waals surface area contributed by atoms with Crippen molar-refractivity contribution in [1.29, 1.82) is 0 Å². The summed E-state index contributed by atoms with van der Waals surface area (Å²) in [5.74, 6) is 0.540. The molecule has 140 valence electrons. The lowest BCUT2D eigenvalue weighted by atomic mass is 10.0. The summed E-state index contributed by atoms with van der Waals surface area (Å²) in [6.07, 6.45) is -2.55. The molecule has 1 aromatic rings. The highest BCUT2D eigenvalue weighted by atomic mass is 32.1. The molecule has 5 nitrogen and oxygen atoms in total. The predicted octanol–water partition coefficient (Wildman–Crippen LogP) is 3.82. The Hall–Kier alpha value is -1.64. The van der Waals surface area contributed by atoms with Crippen molar-refractivity contribution in [2.24, 2.45) is 5.92 Å². The second-order valence-electron chi connectivity index (χ2n) is 7.46. The smallest absolute Gasteiger partial charge is 0.358 e. The van der Waals surface area contributed by atoms with Gasteiger partial charge in [0.1, 0.15) is 5.82 Å². The van der Waals surface area contributed by atoms with E-state index in [1.165, 1.54) is 0 Å². The average Bonchev–Trinajstić information content (AvgIpc) is 2.43. The van der Waals surface area contributed by atoms with Crippen LogP contribution in [0.5, 0.6) is 0 Å². The molecule has 0 saturated carbocycles. The Labute approximate surface area is 151 Å². The molecule has 0 unspecified atom stereocenters. The first-order valence-corrected chi connectivity index (χ1v) is 8.65. The molecule has 1 aromatic heterocycles. The second-order valence-corrected chi connectivity index (χ2v) is 7.86. The number of anilines is 2. The molecule has 1 aliphatic rings. The molecule has 0 amide bonds. The Kier molecular flexibility index (Phi) is 5.75. The van der Waals surface area contributed by atoms with Crippen molar-refractivity contribution in [3.8, 4) is 0 Å². The summed E-state index contributed by atoms with van der Waals surface area (Å²) in [6, 6.07) is 1.00. The number of nitrogens with zero attached hydrogens (tertiary/aromatic N) is 3. The van der Waals surface area contributed by atoms with Crippen LogP contribution in [0.3, 0.4) is 0 Å². The zero-order valence-electron chi connectivity index (χ0n) is 14.9. The Bertz CT molecular complexity index is 627. The SMILES string of the molecule is C[C@@H]1CCCN(c2cc(C(F)(F)F)nc(NC(=S)NC(C)(C)C)n2)C1. The molecule has 1 fully saturated rings. The molecule has 25 heavy (non-hydrogen) atoms. The topological polar surface area (TPSA) is 53.1 Å². The lowest BCUT2D eigenvalue weighted by Gasteiger charge is -2.32. The van der Waals surface area contributed by atoms with Crippen molar-refractivity contribution in [2.45, 2.75) is 52.3 Å². The number of alkyl halides is 3. The van der Waals surface area contributed by atoms with Crippen molar-refractivity contribution in [3.05, 3.63) is 11.8 Å². The normalized spacial score (nSPS) is 18.8. The maximum atomic E-state index is 13.2. The highest BCUT2D eigenvalue weighted by molar-refractivity contribution is 7.80. The largest absolute Gasteiger partial charge is 0.433 e. The number of aromatic nitrogens is 2. The number of hydrogen-bond acceptors (Lipinski definition) is 4. The number of piperidine rings is 1. The van der Waals surface area contributed by atoms with Gasteiger partial charge in [0.05, 0.1) is 0 Å². The van der Waals surface area contributed by atoms with Gasteiger partial charge < -0.3 is 15.5 Å². The van der Waals surface area contributed by atoms with Crippen molar-refractivity contribution in [1.82, 2.24) is 15.3 Å². The summed E-state index contributed by atoms with van der Waals surface area (Å²) < 4.78 is 39.6. The van der Waals surface area contributed by atoms with E-state index < -0.39 is 11.9 Å². The molecule has 2 N–H and O–H groups in total. The van der Waals surface area contributed by atoms with Crippen molar-refractivity contribution in [2.75, 3.05) is 23.3 Å². The predicted molar refractivity (Wildman–Crippen MR) is 96.8 cm³/mol. The van der Waals surface area contributed by atoms with Gasteiger partial charge in [-0.15, -0.1) is 0 Å². The van der Waals surface area contributed by atoms with E-state index in [1.54, 1.807) is 0 Å². The highest BCUT2D eigenvalue weighted by Crippen LogP contribution is 2.31. The van der Waals surface area contributed by atoms with Crippen LogP contribution in [0.25, 0.3) is 0 Å². The number of halogens is 3. The third kappa shape index (κ3) is 5.98. The first kappa shape index (κ1) is 19.7. The molecule has 0 aromatic carbocycles. The summed E-state index contributed by atoms with van der Waals surface area (Å²) in [5, 5.41) is 5.84. The summed E-state index contributed by atoms with van der Waals surface area (Å²) in [5.41, 5.74) is -1.30. The summed E-state index contributed by atoms with van der Waals surface area (Å²) in [6.45, 7) is 9.14. The molecule has 9 heteroatoms. The van der Waals surface area contributed by atoms with Gasteiger partial charge in [-0.1, -0.05) is 6.92 Å². The van der Waals surface area contributed by atoms with Gasteiger partial charge in [-0.2, -0.15) is 18.2 Å². The minimum atomic E-state index is -4.55. The minimum Gasteiger partial charge on any atom is -0.358 e. The maximum absolute atomic E-state index is 13.2. The van der Waals surface area contributed by atoms with Crippen molar-refractivity contribution >= 4 is 29.1 Å². The second kappa shape index (κ2) is 7.31. The fourth-order valence-electron chi connectivity index (χ4n) is 2.67. The number of thiocarbonyl (C=S) groups is 1. The number of nitrogens with one attached hydrogen (secondary N) is 2. The van der Waals surface area contributed by atoms with Crippen LogP contribution < -0.4 is 15.5 Å². The van der Waals surface area contributed by atoms with Crippen LogP contribution in [0, 0.1) is 5.92 Å². The monoisotopic (exact) mass is 375 g/mol. The van der Waals surface area contributed by atoms with E-state index in [9.17, 15) is 13.2 Å². The minimum absolute atomic E-state index is 0.148. The molecule has 0 spiro atoms. The molecular formula is C16H24F3N5S. The fraction of sp³-hybridized carbons (Fsp3) is 0.688. The molecule has 0 aliphatic carbocycles. The van der Waals surface area contributed by atoms with Gasteiger partial charge in [0.25, 0.3) is 0 Å². The van der Waals surface area contributed by atoms with Crippen LogP contribution in [0.2, 0.25) is 0 Å². The molecule has 0 bridgehead atoms. The number of hydrogen-bond donors (Lipinski definition) is 2. The molecule has 1 atom stereocenters. The lowest BCUT2D eigenvalue weighted by molar-refractivity contribution is -0.141. The van der Waals surface area contributed by atoms with E-state index in [4.69, 9.17) is 12.2 Å². The van der Waals surface area contributed by atoms with E-state index in [0.29, 0.717) is 19.0 Å². The Morgan fingerprint density at radius 3 is 2.52 bits per heavy atom. The Balaban J connectivity index is 2.29. The zero-order valence-corrected chi connectivity index (χ0v) is 15.7. The standard InChI is InChI=1S/C16H24F3N5S/c1-10-6-5-7-24(9-10)12-8-11(16(17,18)19)20-13(21-12)22-14(25)23-15(2,3)4/h8,10H,5-7,9H2,1-4H3,(H2,20,21,22,23,25)/t10-/m1/s1. The van der Waals surface area contributed by atoms with E-state index in [1.807, 2.05) is 25.7 Å². The van der Waals surface area contributed by atoms with Crippen LogP contribution in [0.4, 0.5) is 24.9 Å². The maximum Gasteiger partial charge on any atom is 0.433 e.